The minimum Gasteiger partial charge on any atom is -0.374 e. The van der Waals surface area contributed by atoms with E-state index in [1.54, 1.807) is 37.4 Å². The second-order valence-electron chi connectivity index (χ2n) is 7.67. The van der Waals surface area contributed by atoms with Gasteiger partial charge in [0.15, 0.2) is 5.60 Å². The number of hydrogen-bond acceptors (Lipinski definition) is 3. The Morgan fingerprint density at radius 2 is 1.60 bits per heavy atom. The average molecular weight is 419 g/mol. The first-order chi connectivity index (χ1) is 14.4. The Bertz CT molecular complexity index is 1180. The Morgan fingerprint density at radius 1 is 0.933 bits per heavy atom. The van der Waals surface area contributed by atoms with Gasteiger partial charge < -0.3 is 14.9 Å². The van der Waals surface area contributed by atoms with Crippen LogP contribution >= 0.6 is 11.6 Å². The van der Waals surface area contributed by atoms with Crippen molar-refractivity contribution in [3.05, 3.63) is 94.5 Å². The molecule has 150 valence electrons. The fourth-order valence-electron chi connectivity index (χ4n) is 4.61. The lowest BCUT2D eigenvalue weighted by Crippen LogP contribution is -2.47. The van der Waals surface area contributed by atoms with Gasteiger partial charge in [0.25, 0.3) is 5.91 Å². The van der Waals surface area contributed by atoms with Crippen LogP contribution in [-0.2, 0) is 21.7 Å². The van der Waals surface area contributed by atoms with Crippen molar-refractivity contribution in [3.63, 3.8) is 0 Å². The molecule has 2 unspecified atom stereocenters. The fourth-order valence-corrected chi connectivity index (χ4v) is 4.93. The number of anilines is 2. The number of hydrogen-bond donors (Lipinski definition) is 1. The number of para-hydroxylation sites is 1. The number of nitrogens with zero attached hydrogens (tertiary/aromatic N) is 2. The van der Waals surface area contributed by atoms with Crippen molar-refractivity contribution in [2.24, 2.45) is 0 Å². The van der Waals surface area contributed by atoms with E-state index in [0.29, 0.717) is 16.9 Å². The molecule has 30 heavy (non-hydrogen) atoms. The molecule has 0 aromatic heterocycles. The largest absolute Gasteiger partial charge is 0.374 e. The summed E-state index contributed by atoms with van der Waals surface area (Å²) < 4.78 is 0. The summed E-state index contributed by atoms with van der Waals surface area (Å²) in [4.78, 5) is 30.0. The van der Waals surface area contributed by atoms with E-state index in [2.05, 4.69) is 0 Å². The number of carbonyl (C=O) groups is 2. The van der Waals surface area contributed by atoms with E-state index in [0.717, 1.165) is 5.56 Å². The van der Waals surface area contributed by atoms with Gasteiger partial charge in [0.05, 0.1) is 12.2 Å². The topological polar surface area (TPSA) is 60.9 Å². The quantitative estimate of drug-likeness (QED) is 0.703. The van der Waals surface area contributed by atoms with E-state index in [1.807, 2.05) is 42.5 Å². The predicted molar refractivity (Wildman–Crippen MR) is 116 cm³/mol. The molecule has 0 fully saturated rings. The highest BCUT2D eigenvalue weighted by Gasteiger charge is 2.61. The number of benzene rings is 3. The SMILES string of the molecule is CN1C(=O)C(C2(O)C(=O)N(Cc3ccccc3)c3cccc(Cl)c32)c2ccccc21. The Balaban J connectivity index is 1.69. The molecule has 1 N–H and O–H groups in total. The van der Waals surface area contributed by atoms with Crippen LogP contribution in [0.4, 0.5) is 11.4 Å². The summed E-state index contributed by atoms with van der Waals surface area (Å²) in [6, 6.07) is 21.9. The van der Waals surface area contributed by atoms with Crippen molar-refractivity contribution in [1.29, 1.82) is 0 Å². The number of fused-ring (bicyclic) bond motifs is 2. The van der Waals surface area contributed by atoms with Crippen molar-refractivity contribution in [1.82, 2.24) is 0 Å². The molecule has 0 saturated carbocycles. The van der Waals surface area contributed by atoms with Crippen LogP contribution in [0.25, 0.3) is 0 Å². The molecule has 2 heterocycles. The molecule has 2 aliphatic heterocycles. The summed E-state index contributed by atoms with van der Waals surface area (Å²) in [5, 5.41) is 12.2. The Labute approximate surface area is 179 Å². The molecule has 2 aliphatic rings. The third-order valence-corrected chi connectivity index (χ3v) is 6.34. The number of likely N-dealkylation sites (N-methyl/N-ethyl adjacent to an activating group) is 1. The second-order valence-corrected chi connectivity index (χ2v) is 8.07. The van der Waals surface area contributed by atoms with E-state index in [9.17, 15) is 14.7 Å². The number of aliphatic hydroxyl groups is 1. The highest BCUT2D eigenvalue weighted by atomic mass is 35.5. The molecule has 2 amide bonds. The minimum atomic E-state index is -2.08. The van der Waals surface area contributed by atoms with Gasteiger partial charge in [0.2, 0.25) is 5.91 Å². The van der Waals surface area contributed by atoms with Crippen molar-refractivity contribution < 1.29 is 14.7 Å². The van der Waals surface area contributed by atoms with E-state index >= 15 is 0 Å². The number of amides is 2. The summed E-state index contributed by atoms with van der Waals surface area (Å²) in [6.07, 6.45) is 0. The molecule has 5 nitrogen and oxygen atoms in total. The molecule has 0 spiro atoms. The normalized spacial score (nSPS) is 22.4. The third kappa shape index (κ3) is 2.46. The van der Waals surface area contributed by atoms with Gasteiger partial charge in [-0.1, -0.05) is 66.2 Å². The number of carbonyl (C=O) groups excluding carboxylic acids is 2. The zero-order chi connectivity index (χ0) is 21.0. The zero-order valence-corrected chi connectivity index (χ0v) is 17.0. The van der Waals surface area contributed by atoms with Crippen molar-refractivity contribution in [2.45, 2.75) is 18.1 Å². The lowest BCUT2D eigenvalue weighted by Gasteiger charge is -2.29. The van der Waals surface area contributed by atoms with Gasteiger partial charge >= 0.3 is 0 Å². The molecule has 3 aromatic rings. The van der Waals surface area contributed by atoms with Crippen LogP contribution in [0, 0.1) is 0 Å². The highest BCUT2D eigenvalue weighted by Crippen LogP contribution is 2.55. The van der Waals surface area contributed by atoms with Gasteiger partial charge in [-0.05, 0) is 29.3 Å². The maximum absolute atomic E-state index is 13.7. The smallest absolute Gasteiger partial charge is 0.265 e. The summed E-state index contributed by atoms with van der Waals surface area (Å²) in [7, 11) is 1.65. The van der Waals surface area contributed by atoms with Crippen molar-refractivity contribution in [3.8, 4) is 0 Å². The van der Waals surface area contributed by atoms with Gasteiger partial charge in [-0.3, -0.25) is 9.59 Å². The van der Waals surface area contributed by atoms with E-state index in [-0.39, 0.29) is 23.0 Å². The molecule has 6 heteroatoms. The van der Waals surface area contributed by atoms with Gasteiger partial charge in [-0.25, -0.2) is 0 Å². The molecular weight excluding hydrogens is 400 g/mol. The Hall–Kier alpha value is -3.15. The standard InChI is InChI=1S/C24H19ClN2O3/c1-26-18-12-6-5-10-16(18)20(22(26)28)24(30)21-17(25)11-7-13-19(21)27(23(24)29)14-15-8-3-2-4-9-15/h2-13,20,30H,14H2,1H3. The molecular formula is C24H19ClN2O3. The van der Waals surface area contributed by atoms with Crippen LogP contribution in [0.5, 0.6) is 0 Å². The monoisotopic (exact) mass is 418 g/mol. The average Bonchev–Trinajstić information content (AvgIpc) is 3.14. The van der Waals surface area contributed by atoms with Crippen LogP contribution < -0.4 is 9.80 Å². The van der Waals surface area contributed by atoms with Crippen LogP contribution in [0.1, 0.15) is 22.6 Å². The molecule has 0 radical (unpaired) electrons. The molecule has 0 bridgehead atoms. The van der Waals surface area contributed by atoms with Gasteiger partial charge in [-0.2, -0.15) is 0 Å². The highest BCUT2D eigenvalue weighted by molar-refractivity contribution is 6.33. The number of rotatable bonds is 3. The maximum Gasteiger partial charge on any atom is 0.265 e. The number of halogens is 1. The van der Waals surface area contributed by atoms with E-state index in [1.165, 1.54) is 9.80 Å². The van der Waals surface area contributed by atoms with Crippen molar-refractivity contribution >= 4 is 34.8 Å². The first kappa shape index (κ1) is 18.9. The molecule has 2 atom stereocenters. The lowest BCUT2D eigenvalue weighted by atomic mass is 9.78. The van der Waals surface area contributed by atoms with Crippen LogP contribution in [0.3, 0.4) is 0 Å². The van der Waals surface area contributed by atoms with Crippen molar-refractivity contribution in [2.75, 3.05) is 16.8 Å². The van der Waals surface area contributed by atoms with Crippen LogP contribution in [0.15, 0.2) is 72.8 Å². The molecule has 3 aromatic carbocycles. The fraction of sp³-hybridized carbons (Fsp3) is 0.167. The maximum atomic E-state index is 13.7. The Kier molecular flexibility index (Phi) is 4.20. The third-order valence-electron chi connectivity index (χ3n) is 6.02. The zero-order valence-electron chi connectivity index (χ0n) is 16.2. The second kappa shape index (κ2) is 6.69. The van der Waals surface area contributed by atoms with Gasteiger partial charge in [0.1, 0.15) is 5.92 Å². The first-order valence-corrected chi connectivity index (χ1v) is 10.1. The summed E-state index contributed by atoms with van der Waals surface area (Å²) in [5.74, 6) is -1.94. The summed E-state index contributed by atoms with van der Waals surface area (Å²) in [5.41, 5.74) is 0.948. The van der Waals surface area contributed by atoms with E-state index in [4.69, 9.17) is 11.6 Å². The molecule has 0 aliphatic carbocycles. The van der Waals surface area contributed by atoms with Gasteiger partial charge in [-0.15, -0.1) is 0 Å². The van der Waals surface area contributed by atoms with E-state index < -0.39 is 17.4 Å². The molecule has 0 saturated heterocycles. The van der Waals surface area contributed by atoms with Gasteiger partial charge in [0, 0.05) is 23.3 Å². The van der Waals surface area contributed by atoms with Crippen LogP contribution in [-0.4, -0.2) is 24.0 Å². The Morgan fingerprint density at radius 3 is 2.37 bits per heavy atom. The predicted octanol–water partition coefficient (Wildman–Crippen LogP) is 3.83. The minimum absolute atomic E-state index is 0.263. The van der Waals surface area contributed by atoms with Crippen LogP contribution in [0.2, 0.25) is 5.02 Å². The summed E-state index contributed by atoms with van der Waals surface area (Å²) in [6.45, 7) is 0.272. The molecule has 5 rings (SSSR count). The first-order valence-electron chi connectivity index (χ1n) is 9.68. The summed E-state index contributed by atoms with van der Waals surface area (Å²) >= 11 is 6.51. The lowest BCUT2D eigenvalue weighted by molar-refractivity contribution is -0.144.